The lowest BCUT2D eigenvalue weighted by Crippen LogP contribution is -1.92. The maximum atomic E-state index is 3.65. The largest absolute Gasteiger partial charge is 0.0622 e. The van der Waals surface area contributed by atoms with E-state index in [2.05, 4.69) is 143 Å². The number of halogens is 1. The van der Waals surface area contributed by atoms with Gasteiger partial charge in [-0.1, -0.05) is 119 Å². The van der Waals surface area contributed by atoms with Gasteiger partial charge in [0, 0.05) is 4.47 Å². The summed E-state index contributed by atoms with van der Waals surface area (Å²) in [5, 5.41) is 0. The van der Waals surface area contributed by atoms with Gasteiger partial charge in [-0.25, -0.2) is 0 Å². The first-order valence-electron chi connectivity index (χ1n) is 10.4. The normalized spacial score (nSPS) is 10.7. The third-order valence-electron chi connectivity index (χ3n) is 5.55. The molecule has 0 aliphatic heterocycles. The summed E-state index contributed by atoms with van der Waals surface area (Å²) >= 11 is 3.65. The van der Waals surface area contributed by atoms with Crippen LogP contribution in [0.2, 0.25) is 0 Å². The van der Waals surface area contributed by atoms with E-state index in [9.17, 15) is 0 Å². The van der Waals surface area contributed by atoms with Gasteiger partial charge in [-0.2, -0.15) is 0 Å². The van der Waals surface area contributed by atoms with Gasteiger partial charge < -0.3 is 0 Å². The Labute approximate surface area is 192 Å². The van der Waals surface area contributed by atoms with Crippen molar-refractivity contribution >= 4 is 15.9 Å². The predicted molar refractivity (Wildman–Crippen MR) is 136 cm³/mol. The Morgan fingerprint density at radius 2 is 0.677 bits per heavy atom. The molecule has 5 aromatic rings. The zero-order valence-corrected chi connectivity index (χ0v) is 18.6. The van der Waals surface area contributed by atoms with Crippen LogP contribution in [0, 0.1) is 0 Å². The van der Waals surface area contributed by atoms with Crippen LogP contribution < -0.4 is 0 Å². The molecule has 0 N–H and O–H groups in total. The quantitative estimate of drug-likeness (QED) is 0.250. The molecule has 0 fully saturated rings. The lowest BCUT2D eigenvalue weighted by molar-refractivity contribution is 1.54. The van der Waals surface area contributed by atoms with Gasteiger partial charge >= 0.3 is 0 Å². The minimum absolute atomic E-state index is 1.08. The number of hydrogen-bond acceptors (Lipinski definition) is 0. The average molecular weight is 461 g/mol. The fraction of sp³-hybridized carbons (Fsp3) is 0. The Balaban J connectivity index is 1.85. The Kier molecular flexibility index (Phi) is 5.52. The van der Waals surface area contributed by atoms with Crippen LogP contribution in [0.1, 0.15) is 0 Å². The zero-order chi connectivity index (χ0) is 21.0. The van der Waals surface area contributed by atoms with E-state index < -0.39 is 0 Å². The average Bonchev–Trinajstić information content (AvgIpc) is 2.85. The van der Waals surface area contributed by atoms with Crippen LogP contribution in [0.25, 0.3) is 44.5 Å². The molecule has 1 heteroatoms. The molecule has 5 aromatic carbocycles. The lowest BCUT2D eigenvalue weighted by Gasteiger charge is -2.18. The fourth-order valence-electron chi connectivity index (χ4n) is 4.06. The summed E-state index contributed by atoms with van der Waals surface area (Å²) in [6.45, 7) is 0. The highest BCUT2D eigenvalue weighted by molar-refractivity contribution is 9.10. The first-order valence-corrected chi connectivity index (χ1v) is 11.2. The molecule has 0 aliphatic carbocycles. The van der Waals surface area contributed by atoms with Gasteiger partial charge in [0.25, 0.3) is 0 Å². The standard InChI is InChI=1S/C30H21Br/c31-26-18-10-17-25(19-26)30-21-28(23-13-6-2-7-14-23)27(22-11-4-1-5-12-22)20-29(30)24-15-8-3-9-16-24/h1-21H. The monoisotopic (exact) mass is 460 g/mol. The Morgan fingerprint density at radius 3 is 1.06 bits per heavy atom. The van der Waals surface area contributed by atoms with Gasteiger partial charge in [0.1, 0.15) is 0 Å². The van der Waals surface area contributed by atoms with E-state index in [0.29, 0.717) is 0 Å². The van der Waals surface area contributed by atoms with E-state index in [1.807, 2.05) is 0 Å². The minimum Gasteiger partial charge on any atom is -0.0622 e. The first kappa shape index (κ1) is 19.5. The molecule has 0 radical (unpaired) electrons. The van der Waals surface area contributed by atoms with E-state index in [1.54, 1.807) is 0 Å². The highest BCUT2D eigenvalue weighted by atomic mass is 79.9. The van der Waals surface area contributed by atoms with Crippen molar-refractivity contribution < 1.29 is 0 Å². The van der Waals surface area contributed by atoms with E-state index in [1.165, 1.54) is 44.5 Å². The van der Waals surface area contributed by atoms with E-state index >= 15 is 0 Å². The minimum atomic E-state index is 1.08. The molecule has 0 saturated carbocycles. The smallest absolute Gasteiger partial charge is 0.0181 e. The molecular weight excluding hydrogens is 440 g/mol. The van der Waals surface area contributed by atoms with Crippen molar-refractivity contribution in [2.45, 2.75) is 0 Å². The van der Waals surface area contributed by atoms with Crippen LogP contribution >= 0.6 is 15.9 Å². The van der Waals surface area contributed by atoms with Crippen LogP contribution in [0.4, 0.5) is 0 Å². The molecule has 0 aliphatic rings. The molecule has 5 rings (SSSR count). The summed E-state index contributed by atoms with van der Waals surface area (Å²) in [5.74, 6) is 0. The van der Waals surface area contributed by atoms with Crippen molar-refractivity contribution in [3.8, 4) is 44.5 Å². The summed E-state index contributed by atoms with van der Waals surface area (Å²) in [6, 6.07) is 45.2. The van der Waals surface area contributed by atoms with Crippen LogP contribution in [0.3, 0.4) is 0 Å². The second-order valence-electron chi connectivity index (χ2n) is 7.55. The molecule has 148 valence electrons. The molecule has 0 unspecified atom stereocenters. The molecule has 0 nitrogen and oxygen atoms in total. The summed E-state index contributed by atoms with van der Waals surface area (Å²) < 4.78 is 1.08. The van der Waals surface area contributed by atoms with Gasteiger partial charge in [0.15, 0.2) is 0 Å². The Bertz CT molecular complexity index is 1310. The Morgan fingerprint density at radius 1 is 0.323 bits per heavy atom. The molecule has 0 heterocycles. The fourth-order valence-corrected chi connectivity index (χ4v) is 4.46. The van der Waals surface area contributed by atoms with Gasteiger partial charge in [0.2, 0.25) is 0 Å². The number of hydrogen-bond donors (Lipinski definition) is 0. The molecule has 0 spiro atoms. The maximum Gasteiger partial charge on any atom is 0.0181 e. The highest BCUT2D eigenvalue weighted by Gasteiger charge is 2.15. The maximum absolute atomic E-state index is 3.65. The van der Waals surface area contributed by atoms with Gasteiger partial charge in [0.05, 0.1) is 0 Å². The van der Waals surface area contributed by atoms with Crippen LogP contribution in [0.5, 0.6) is 0 Å². The molecule has 0 saturated heterocycles. The molecule has 0 bridgehead atoms. The summed E-state index contributed by atoms with van der Waals surface area (Å²) in [4.78, 5) is 0. The lowest BCUT2D eigenvalue weighted by atomic mass is 9.86. The topological polar surface area (TPSA) is 0 Å². The number of benzene rings is 5. The van der Waals surface area contributed by atoms with E-state index in [4.69, 9.17) is 0 Å². The van der Waals surface area contributed by atoms with Crippen LogP contribution in [-0.2, 0) is 0 Å². The second kappa shape index (κ2) is 8.75. The predicted octanol–water partition coefficient (Wildman–Crippen LogP) is 9.12. The van der Waals surface area contributed by atoms with Crippen molar-refractivity contribution in [1.82, 2.24) is 0 Å². The van der Waals surface area contributed by atoms with Gasteiger partial charge in [-0.15, -0.1) is 0 Å². The molecular formula is C30H21Br. The molecule has 0 aromatic heterocycles. The first-order chi connectivity index (χ1) is 15.3. The zero-order valence-electron chi connectivity index (χ0n) is 17.0. The number of rotatable bonds is 4. The summed E-state index contributed by atoms with van der Waals surface area (Å²) in [7, 11) is 0. The molecule has 0 atom stereocenters. The summed E-state index contributed by atoms with van der Waals surface area (Å²) in [5.41, 5.74) is 9.80. The third-order valence-corrected chi connectivity index (χ3v) is 6.04. The van der Waals surface area contributed by atoms with E-state index in [0.717, 1.165) is 4.47 Å². The SMILES string of the molecule is Brc1cccc(-c2cc(-c3ccccc3)c(-c3ccccc3)cc2-c2ccccc2)c1. The third kappa shape index (κ3) is 4.10. The van der Waals surface area contributed by atoms with Gasteiger partial charge in [-0.3, -0.25) is 0 Å². The van der Waals surface area contributed by atoms with Crippen molar-refractivity contribution in [2.24, 2.45) is 0 Å². The van der Waals surface area contributed by atoms with Crippen molar-refractivity contribution in [3.05, 3.63) is 132 Å². The van der Waals surface area contributed by atoms with Crippen molar-refractivity contribution in [3.63, 3.8) is 0 Å². The highest BCUT2D eigenvalue weighted by Crippen LogP contribution is 2.42. The van der Waals surface area contributed by atoms with E-state index in [-0.39, 0.29) is 0 Å². The second-order valence-corrected chi connectivity index (χ2v) is 8.47. The van der Waals surface area contributed by atoms with Crippen LogP contribution in [0.15, 0.2) is 132 Å². The molecule has 31 heavy (non-hydrogen) atoms. The van der Waals surface area contributed by atoms with Crippen LogP contribution in [-0.4, -0.2) is 0 Å². The van der Waals surface area contributed by atoms with Crippen molar-refractivity contribution in [2.75, 3.05) is 0 Å². The Hall–Kier alpha value is -3.42. The molecule has 0 amide bonds. The van der Waals surface area contributed by atoms with Gasteiger partial charge in [-0.05, 0) is 68.8 Å². The van der Waals surface area contributed by atoms with Crippen molar-refractivity contribution in [1.29, 1.82) is 0 Å². The summed E-state index contributed by atoms with van der Waals surface area (Å²) in [6.07, 6.45) is 0.